The summed E-state index contributed by atoms with van der Waals surface area (Å²) in [6.07, 6.45) is 0.922. The van der Waals surface area contributed by atoms with Crippen LogP contribution in [0.2, 0.25) is 0 Å². The van der Waals surface area contributed by atoms with E-state index in [4.69, 9.17) is 0 Å². The van der Waals surface area contributed by atoms with Gasteiger partial charge in [0.15, 0.2) is 0 Å². The molecule has 1 unspecified atom stereocenters. The molecule has 0 aromatic heterocycles. The van der Waals surface area contributed by atoms with Crippen molar-refractivity contribution in [2.75, 3.05) is 32.8 Å². The summed E-state index contributed by atoms with van der Waals surface area (Å²) < 4.78 is 1.08. The fraction of sp³-hybridized carbons (Fsp3) is 0.571. The van der Waals surface area contributed by atoms with Crippen LogP contribution in [0.4, 0.5) is 0 Å². The molecule has 0 radical (unpaired) electrons. The topological polar surface area (TPSA) is 35.5 Å². The first-order chi connectivity index (χ1) is 8.73. The molecule has 4 heteroatoms. The van der Waals surface area contributed by atoms with Gasteiger partial charge in [0, 0.05) is 30.7 Å². The van der Waals surface area contributed by atoms with Gasteiger partial charge in [0.2, 0.25) is 0 Å². The fourth-order valence-electron chi connectivity index (χ4n) is 2.77. The monoisotopic (exact) mass is 312 g/mol. The molecule has 1 atom stereocenters. The van der Waals surface area contributed by atoms with Crippen LogP contribution in [0.3, 0.4) is 0 Å². The maximum Gasteiger partial charge on any atom is 0.0692 e. The molecule has 1 aromatic rings. The zero-order valence-corrected chi connectivity index (χ0v) is 12.4. The minimum absolute atomic E-state index is 0.172. The number of rotatable bonds is 4. The van der Waals surface area contributed by atoms with Gasteiger partial charge in [-0.25, -0.2) is 0 Å². The molecule has 1 fully saturated rings. The lowest BCUT2D eigenvalue weighted by Gasteiger charge is -2.45. The predicted octanol–water partition coefficient (Wildman–Crippen LogP) is 1.95. The molecule has 3 nitrogen and oxygen atoms in total. The number of aliphatic hydroxyl groups is 1. The van der Waals surface area contributed by atoms with Gasteiger partial charge in [-0.05, 0) is 24.1 Å². The van der Waals surface area contributed by atoms with E-state index in [1.807, 2.05) is 0 Å². The van der Waals surface area contributed by atoms with E-state index in [0.717, 1.165) is 37.1 Å². The Morgan fingerprint density at radius 2 is 1.89 bits per heavy atom. The molecule has 0 saturated carbocycles. The van der Waals surface area contributed by atoms with Gasteiger partial charge in [0.25, 0.3) is 0 Å². The Kier molecular flexibility index (Phi) is 4.78. The van der Waals surface area contributed by atoms with Crippen LogP contribution in [0.15, 0.2) is 28.7 Å². The molecule has 1 aliphatic rings. The quantitative estimate of drug-likeness (QED) is 0.892. The Hall–Kier alpha value is -0.420. The summed E-state index contributed by atoms with van der Waals surface area (Å²) in [5.74, 6) is 0. The Morgan fingerprint density at radius 3 is 2.39 bits per heavy atom. The second kappa shape index (κ2) is 6.15. The van der Waals surface area contributed by atoms with Crippen LogP contribution in [0.1, 0.15) is 18.9 Å². The van der Waals surface area contributed by atoms with Crippen molar-refractivity contribution in [3.8, 4) is 0 Å². The number of aliphatic hydroxyl groups excluding tert-OH is 1. The van der Waals surface area contributed by atoms with Crippen molar-refractivity contribution in [3.05, 3.63) is 34.3 Å². The van der Waals surface area contributed by atoms with Crippen molar-refractivity contribution in [1.29, 1.82) is 0 Å². The minimum atomic E-state index is -0.233. The normalized spacial score (nSPS) is 20.6. The van der Waals surface area contributed by atoms with Crippen LogP contribution in [-0.2, 0) is 5.54 Å². The highest BCUT2D eigenvalue weighted by atomic mass is 79.9. The number of hydrogen-bond donors (Lipinski definition) is 2. The van der Waals surface area contributed by atoms with Gasteiger partial charge in [0.05, 0.1) is 12.1 Å². The molecular weight excluding hydrogens is 292 g/mol. The summed E-state index contributed by atoms with van der Waals surface area (Å²) in [6.45, 7) is 6.30. The highest BCUT2D eigenvalue weighted by Gasteiger charge is 2.36. The molecular formula is C14H21BrN2O. The van der Waals surface area contributed by atoms with E-state index in [0.29, 0.717) is 0 Å². The molecule has 0 bridgehead atoms. The first kappa shape index (κ1) is 14.0. The lowest BCUT2D eigenvalue weighted by atomic mass is 9.85. The van der Waals surface area contributed by atoms with Crippen molar-refractivity contribution < 1.29 is 5.11 Å². The zero-order chi connectivity index (χ0) is 13.0. The van der Waals surface area contributed by atoms with Crippen LogP contribution in [0.5, 0.6) is 0 Å². The van der Waals surface area contributed by atoms with Crippen molar-refractivity contribution in [2.45, 2.75) is 18.9 Å². The van der Waals surface area contributed by atoms with E-state index in [9.17, 15) is 5.11 Å². The second-order valence-electron chi connectivity index (χ2n) is 4.79. The van der Waals surface area contributed by atoms with E-state index < -0.39 is 0 Å². The number of nitrogens with one attached hydrogen (secondary N) is 1. The third-order valence-corrected chi connectivity index (χ3v) is 4.48. The molecule has 1 aliphatic heterocycles. The van der Waals surface area contributed by atoms with Gasteiger partial charge in [-0.15, -0.1) is 0 Å². The highest BCUT2D eigenvalue weighted by Crippen LogP contribution is 2.32. The Labute approximate surface area is 117 Å². The third-order valence-electron chi connectivity index (χ3n) is 3.95. The van der Waals surface area contributed by atoms with Crippen molar-refractivity contribution in [3.63, 3.8) is 0 Å². The summed E-state index contributed by atoms with van der Waals surface area (Å²) in [5, 5.41) is 13.3. The van der Waals surface area contributed by atoms with Crippen LogP contribution >= 0.6 is 15.9 Å². The molecule has 18 heavy (non-hydrogen) atoms. The van der Waals surface area contributed by atoms with Crippen molar-refractivity contribution in [1.82, 2.24) is 10.2 Å². The van der Waals surface area contributed by atoms with E-state index in [2.05, 4.69) is 57.3 Å². The molecule has 1 saturated heterocycles. The van der Waals surface area contributed by atoms with Crippen LogP contribution < -0.4 is 5.32 Å². The van der Waals surface area contributed by atoms with E-state index >= 15 is 0 Å². The molecule has 100 valence electrons. The molecule has 0 spiro atoms. The Bertz CT molecular complexity index is 370. The summed E-state index contributed by atoms with van der Waals surface area (Å²) in [6, 6.07) is 8.34. The average molecular weight is 313 g/mol. The van der Waals surface area contributed by atoms with Crippen molar-refractivity contribution >= 4 is 15.9 Å². The lowest BCUT2D eigenvalue weighted by Crippen LogP contribution is -2.56. The second-order valence-corrected chi connectivity index (χ2v) is 5.70. The maximum absolute atomic E-state index is 9.98. The van der Waals surface area contributed by atoms with Gasteiger partial charge in [-0.3, -0.25) is 4.90 Å². The minimum Gasteiger partial charge on any atom is -0.394 e. The van der Waals surface area contributed by atoms with Gasteiger partial charge < -0.3 is 10.4 Å². The van der Waals surface area contributed by atoms with Crippen molar-refractivity contribution in [2.24, 2.45) is 0 Å². The lowest BCUT2D eigenvalue weighted by molar-refractivity contribution is 0.0138. The summed E-state index contributed by atoms with van der Waals surface area (Å²) in [4.78, 5) is 2.41. The number of hydrogen-bond acceptors (Lipinski definition) is 3. The fourth-order valence-corrected chi connectivity index (χ4v) is 3.03. The summed E-state index contributed by atoms with van der Waals surface area (Å²) in [5.41, 5.74) is 0.973. The SMILES string of the molecule is CCC(CO)(c1ccc(Br)cc1)N1CCNCC1. The van der Waals surface area contributed by atoms with Gasteiger partial charge in [0.1, 0.15) is 0 Å². The van der Waals surface area contributed by atoms with Crippen LogP contribution in [0, 0.1) is 0 Å². The first-order valence-corrected chi connectivity index (χ1v) is 7.35. The number of nitrogens with zero attached hydrogens (tertiary/aromatic N) is 1. The molecule has 2 N–H and O–H groups in total. The maximum atomic E-state index is 9.98. The Morgan fingerprint density at radius 1 is 1.28 bits per heavy atom. The molecule has 1 heterocycles. The highest BCUT2D eigenvalue weighted by molar-refractivity contribution is 9.10. The van der Waals surface area contributed by atoms with Gasteiger partial charge in [-0.1, -0.05) is 35.0 Å². The number of halogens is 1. The molecule has 0 aliphatic carbocycles. The number of benzene rings is 1. The van der Waals surface area contributed by atoms with E-state index in [-0.39, 0.29) is 12.1 Å². The number of piperazine rings is 1. The summed E-state index contributed by atoms with van der Waals surface area (Å²) >= 11 is 3.47. The Balaban J connectivity index is 2.32. The zero-order valence-electron chi connectivity index (χ0n) is 10.8. The molecule has 0 amide bonds. The van der Waals surface area contributed by atoms with E-state index in [1.165, 1.54) is 5.56 Å². The smallest absolute Gasteiger partial charge is 0.0692 e. The molecule has 2 rings (SSSR count). The van der Waals surface area contributed by atoms with E-state index in [1.54, 1.807) is 0 Å². The third kappa shape index (κ3) is 2.62. The summed E-state index contributed by atoms with van der Waals surface area (Å²) in [7, 11) is 0. The van der Waals surface area contributed by atoms with Crippen LogP contribution in [-0.4, -0.2) is 42.8 Å². The largest absolute Gasteiger partial charge is 0.394 e. The van der Waals surface area contributed by atoms with Gasteiger partial charge >= 0.3 is 0 Å². The van der Waals surface area contributed by atoms with Gasteiger partial charge in [-0.2, -0.15) is 0 Å². The first-order valence-electron chi connectivity index (χ1n) is 6.55. The average Bonchev–Trinajstić information content (AvgIpc) is 2.44. The standard InChI is InChI=1S/C14H21BrN2O/c1-2-14(11-18,17-9-7-16-8-10-17)12-3-5-13(15)6-4-12/h3-6,16,18H,2,7-11H2,1H3. The predicted molar refractivity (Wildman–Crippen MR) is 77.6 cm³/mol. The molecule has 1 aromatic carbocycles. The van der Waals surface area contributed by atoms with Crippen LogP contribution in [0.25, 0.3) is 0 Å².